The van der Waals surface area contributed by atoms with Gasteiger partial charge in [0.15, 0.2) is 17.1 Å². The molecular weight excluding hydrogens is 452 g/mol. The van der Waals surface area contributed by atoms with E-state index in [2.05, 4.69) is 15.3 Å². The van der Waals surface area contributed by atoms with Gasteiger partial charge in [-0.3, -0.25) is 9.36 Å². The Balaban J connectivity index is 1.48. The van der Waals surface area contributed by atoms with Crippen LogP contribution in [0.25, 0.3) is 16.9 Å². The molecule has 4 aromatic rings. The van der Waals surface area contributed by atoms with Crippen molar-refractivity contribution in [3.8, 4) is 17.2 Å². The van der Waals surface area contributed by atoms with Gasteiger partial charge in [0, 0.05) is 18.3 Å². The number of halogens is 1. The molecule has 0 aliphatic heterocycles. The number of rotatable bonds is 9. The number of hydrogen-bond donors (Lipinski definition) is 1. The van der Waals surface area contributed by atoms with Crippen molar-refractivity contribution in [1.82, 2.24) is 19.9 Å². The van der Waals surface area contributed by atoms with Gasteiger partial charge < -0.3 is 14.8 Å². The second-order valence-corrected chi connectivity index (χ2v) is 8.07. The number of nitrogens with zero attached hydrogens (tertiary/aromatic N) is 3. The third-order valence-electron chi connectivity index (χ3n) is 5.34. The van der Waals surface area contributed by atoms with E-state index in [1.54, 1.807) is 24.4 Å². The van der Waals surface area contributed by atoms with Crippen molar-refractivity contribution < 1.29 is 14.3 Å². The number of fused-ring (bicyclic) bond motifs is 1. The van der Waals surface area contributed by atoms with Crippen molar-refractivity contribution in [1.29, 1.82) is 0 Å². The zero-order valence-corrected chi connectivity index (χ0v) is 20.2. The highest BCUT2D eigenvalue weighted by atomic mass is 35.5. The molecule has 0 bridgehead atoms. The van der Waals surface area contributed by atoms with Gasteiger partial charge in [0.2, 0.25) is 0 Å². The maximum Gasteiger partial charge on any atom is 0.251 e. The van der Waals surface area contributed by atoms with Crippen molar-refractivity contribution in [2.75, 3.05) is 19.8 Å². The van der Waals surface area contributed by atoms with E-state index < -0.39 is 0 Å². The van der Waals surface area contributed by atoms with Crippen LogP contribution in [0.2, 0.25) is 5.02 Å². The molecule has 0 atom stereocenters. The zero-order chi connectivity index (χ0) is 24.1. The Bertz CT molecular complexity index is 1320. The Morgan fingerprint density at radius 1 is 1.06 bits per heavy atom. The Hall–Kier alpha value is -3.58. The summed E-state index contributed by atoms with van der Waals surface area (Å²) in [6.45, 7) is 7.37. The average Bonchev–Trinajstić information content (AvgIpc) is 3.16. The van der Waals surface area contributed by atoms with Crippen LogP contribution >= 0.6 is 11.6 Å². The molecule has 0 saturated carbocycles. The number of aryl methyl sites for hydroxylation is 1. The van der Waals surface area contributed by atoms with Crippen molar-refractivity contribution in [2.24, 2.45) is 0 Å². The number of carbonyl (C=O) groups is 1. The summed E-state index contributed by atoms with van der Waals surface area (Å²) in [6.07, 6.45) is 2.37. The summed E-state index contributed by atoms with van der Waals surface area (Å²) in [5.74, 6) is 2.01. The molecule has 4 rings (SSSR count). The summed E-state index contributed by atoms with van der Waals surface area (Å²) in [5.41, 5.74) is 3.70. The lowest BCUT2D eigenvalue weighted by Gasteiger charge is -2.13. The lowest BCUT2D eigenvalue weighted by atomic mass is 10.1. The highest BCUT2D eigenvalue weighted by Crippen LogP contribution is 2.29. The summed E-state index contributed by atoms with van der Waals surface area (Å²) in [5, 5.41) is 3.50. The van der Waals surface area contributed by atoms with Gasteiger partial charge in [-0.05, 0) is 75.2 Å². The third-order valence-corrected chi connectivity index (χ3v) is 5.66. The lowest BCUT2D eigenvalue weighted by molar-refractivity contribution is 0.0954. The molecule has 8 heteroatoms. The second-order valence-electron chi connectivity index (χ2n) is 7.66. The van der Waals surface area contributed by atoms with Crippen LogP contribution in [0.1, 0.15) is 35.6 Å². The average molecular weight is 479 g/mol. The smallest absolute Gasteiger partial charge is 0.251 e. The van der Waals surface area contributed by atoms with Crippen molar-refractivity contribution in [2.45, 2.75) is 27.2 Å². The number of aromatic nitrogens is 3. The summed E-state index contributed by atoms with van der Waals surface area (Å²) < 4.78 is 13.2. The summed E-state index contributed by atoms with van der Waals surface area (Å²) in [7, 11) is 0. The minimum absolute atomic E-state index is 0.177. The summed E-state index contributed by atoms with van der Waals surface area (Å²) >= 11 is 6.49. The Morgan fingerprint density at radius 2 is 1.85 bits per heavy atom. The Morgan fingerprint density at radius 3 is 2.65 bits per heavy atom. The van der Waals surface area contributed by atoms with Crippen LogP contribution in [0.4, 0.5) is 0 Å². The molecule has 2 aromatic heterocycles. The SMILES string of the molecule is CCOc1ccc(CCNC(=O)c2ccc(Cl)c(-n3c(C)nc4cccnc43)c2)cc1OCC. The number of hydrogen-bond acceptors (Lipinski definition) is 5. The van der Waals surface area contributed by atoms with Gasteiger partial charge in [0.1, 0.15) is 11.3 Å². The molecule has 0 radical (unpaired) electrons. The van der Waals surface area contributed by atoms with Gasteiger partial charge in [-0.25, -0.2) is 9.97 Å². The maximum atomic E-state index is 12.9. The Kier molecular flexibility index (Phi) is 7.33. The molecular formula is C26H27ClN4O3. The number of imidazole rings is 1. The molecule has 1 N–H and O–H groups in total. The minimum atomic E-state index is -0.177. The standard InChI is InChI=1S/C26H27ClN4O3/c1-4-33-23-11-8-18(15-24(23)34-5-2)12-14-29-26(32)19-9-10-20(27)22(16-19)31-17(3)30-21-7-6-13-28-25(21)31/h6-11,13,15-16H,4-5,12,14H2,1-3H3,(H,29,32). The number of carbonyl (C=O) groups excluding carboxylic acids is 1. The predicted molar refractivity (Wildman–Crippen MR) is 133 cm³/mol. The van der Waals surface area contributed by atoms with Crippen LogP contribution in [-0.2, 0) is 6.42 Å². The number of amides is 1. The van der Waals surface area contributed by atoms with Crippen LogP contribution in [0, 0.1) is 6.92 Å². The number of ether oxygens (including phenoxy) is 2. The first-order valence-corrected chi connectivity index (χ1v) is 11.7. The molecule has 0 saturated heterocycles. The van der Waals surface area contributed by atoms with E-state index in [1.807, 2.05) is 55.7 Å². The fraction of sp³-hybridized carbons (Fsp3) is 0.269. The van der Waals surface area contributed by atoms with Crippen molar-refractivity contribution in [3.05, 3.63) is 76.7 Å². The van der Waals surface area contributed by atoms with E-state index in [0.29, 0.717) is 53.8 Å². The van der Waals surface area contributed by atoms with Crippen LogP contribution < -0.4 is 14.8 Å². The van der Waals surface area contributed by atoms with Gasteiger partial charge in [-0.2, -0.15) is 0 Å². The summed E-state index contributed by atoms with van der Waals surface area (Å²) in [6, 6.07) is 14.8. The molecule has 0 aliphatic carbocycles. The van der Waals surface area contributed by atoms with E-state index in [1.165, 1.54) is 0 Å². The highest BCUT2D eigenvalue weighted by Gasteiger charge is 2.16. The van der Waals surface area contributed by atoms with Gasteiger partial charge in [0.25, 0.3) is 5.91 Å². The van der Waals surface area contributed by atoms with E-state index in [-0.39, 0.29) is 5.91 Å². The topological polar surface area (TPSA) is 78.3 Å². The quantitative estimate of drug-likeness (QED) is 0.360. The number of nitrogens with one attached hydrogen (secondary N) is 1. The van der Waals surface area contributed by atoms with Crippen molar-refractivity contribution in [3.63, 3.8) is 0 Å². The van der Waals surface area contributed by atoms with E-state index in [9.17, 15) is 4.79 Å². The predicted octanol–water partition coefficient (Wildman–Crippen LogP) is 5.15. The van der Waals surface area contributed by atoms with Gasteiger partial charge >= 0.3 is 0 Å². The van der Waals surface area contributed by atoms with Crippen LogP contribution in [0.15, 0.2) is 54.7 Å². The van der Waals surface area contributed by atoms with Crippen LogP contribution in [0.3, 0.4) is 0 Å². The molecule has 2 heterocycles. The van der Waals surface area contributed by atoms with E-state index >= 15 is 0 Å². The van der Waals surface area contributed by atoms with Gasteiger partial charge in [0.05, 0.1) is 23.9 Å². The molecule has 176 valence electrons. The van der Waals surface area contributed by atoms with Gasteiger partial charge in [-0.15, -0.1) is 0 Å². The maximum absolute atomic E-state index is 12.9. The summed E-state index contributed by atoms with van der Waals surface area (Å²) in [4.78, 5) is 21.9. The molecule has 0 spiro atoms. The monoisotopic (exact) mass is 478 g/mol. The van der Waals surface area contributed by atoms with E-state index in [4.69, 9.17) is 21.1 Å². The first-order chi connectivity index (χ1) is 16.5. The third kappa shape index (κ3) is 4.99. The molecule has 7 nitrogen and oxygen atoms in total. The minimum Gasteiger partial charge on any atom is -0.490 e. The second kappa shape index (κ2) is 10.6. The molecule has 34 heavy (non-hydrogen) atoms. The lowest BCUT2D eigenvalue weighted by Crippen LogP contribution is -2.25. The fourth-order valence-corrected chi connectivity index (χ4v) is 4.01. The number of benzene rings is 2. The van der Waals surface area contributed by atoms with Crippen molar-refractivity contribution >= 4 is 28.7 Å². The van der Waals surface area contributed by atoms with Gasteiger partial charge in [-0.1, -0.05) is 17.7 Å². The van der Waals surface area contributed by atoms with Crippen LogP contribution in [-0.4, -0.2) is 40.2 Å². The highest BCUT2D eigenvalue weighted by molar-refractivity contribution is 6.32. The molecule has 0 unspecified atom stereocenters. The largest absolute Gasteiger partial charge is 0.490 e. The van der Waals surface area contributed by atoms with E-state index in [0.717, 1.165) is 22.7 Å². The molecule has 2 aromatic carbocycles. The number of pyridine rings is 1. The zero-order valence-electron chi connectivity index (χ0n) is 19.5. The first kappa shape index (κ1) is 23.6. The normalized spacial score (nSPS) is 10.9. The Labute approximate surface area is 203 Å². The molecule has 0 fully saturated rings. The van der Waals surface area contributed by atoms with Crippen LogP contribution in [0.5, 0.6) is 11.5 Å². The first-order valence-electron chi connectivity index (χ1n) is 11.3. The fourth-order valence-electron chi connectivity index (χ4n) is 3.81. The molecule has 0 aliphatic rings. The molecule has 1 amide bonds.